The summed E-state index contributed by atoms with van der Waals surface area (Å²) in [5.74, 6) is -0.171. The van der Waals surface area contributed by atoms with Crippen LogP contribution < -0.4 is 0 Å². The van der Waals surface area contributed by atoms with E-state index in [0.717, 1.165) is 10.7 Å². The Labute approximate surface area is 162 Å². The molecular weight excluding hydrogens is 384 g/mol. The molecule has 2 heterocycles. The maximum absolute atomic E-state index is 12.8. The van der Waals surface area contributed by atoms with Gasteiger partial charge in [-0.1, -0.05) is 12.1 Å². The number of carbonyl (C=O) groups excluding carboxylic acids is 1. The average molecular weight is 403 g/mol. The Hall–Kier alpha value is -2.54. The molecule has 0 unspecified atom stereocenters. The van der Waals surface area contributed by atoms with Crippen LogP contribution in [0.15, 0.2) is 40.6 Å². The normalized spacial score (nSPS) is 15.8. The minimum atomic E-state index is -3.76. The molecule has 3 rings (SSSR count). The van der Waals surface area contributed by atoms with E-state index in [2.05, 4.69) is 4.98 Å². The second kappa shape index (κ2) is 8.00. The standard InChI is InChI=1S/C18H18N4O3S2/c1-14-20-16(13-26-14)6-7-18(23)21-8-10-22(11-9-21)27(24,25)17-5-3-2-4-15(17)12-19/h2-7,13H,8-11H2,1H3/b7-6+. The average Bonchev–Trinajstić information content (AvgIpc) is 3.11. The van der Waals surface area contributed by atoms with Crippen LogP contribution in [0.4, 0.5) is 0 Å². The summed E-state index contributed by atoms with van der Waals surface area (Å²) >= 11 is 1.51. The zero-order valence-corrected chi connectivity index (χ0v) is 16.3. The van der Waals surface area contributed by atoms with E-state index in [1.165, 1.54) is 33.9 Å². The molecule has 0 spiro atoms. The highest BCUT2D eigenvalue weighted by Crippen LogP contribution is 2.21. The van der Waals surface area contributed by atoms with Crippen LogP contribution in [-0.4, -0.2) is 54.7 Å². The highest BCUT2D eigenvalue weighted by atomic mass is 32.2. The molecule has 1 aliphatic heterocycles. The predicted molar refractivity (Wildman–Crippen MR) is 102 cm³/mol. The van der Waals surface area contributed by atoms with Gasteiger partial charge in [0.15, 0.2) is 0 Å². The maximum Gasteiger partial charge on any atom is 0.246 e. The highest BCUT2D eigenvalue weighted by molar-refractivity contribution is 7.89. The van der Waals surface area contributed by atoms with Crippen molar-refractivity contribution in [3.63, 3.8) is 0 Å². The molecule has 27 heavy (non-hydrogen) atoms. The lowest BCUT2D eigenvalue weighted by molar-refractivity contribution is -0.127. The maximum atomic E-state index is 12.8. The van der Waals surface area contributed by atoms with Gasteiger partial charge < -0.3 is 4.90 Å². The van der Waals surface area contributed by atoms with Gasteiger partial charge in [-0.05, 0) is 25.1 Å². The van der Waals surface area contributed by atoms with E-state index < -0.39 is 10.0 Å². The molecule has 1 aromatic heterocycles. The van der Waals surface area contributed by atoms with E-state index in [-0.39, 0.29) is 29.5 Å². The number of aryl methyl sites for hydroxylation is 1. The van der Waals surface area contributed by atoms with Gasteiger partial charge in [0, 0.05) is 37.6 Å². The monoisotopic (exact) mass is 402 g/mol. The third-order valence-corrected chi connectivity index (χ3v) is 6.96. The van der Waals surface area contributed by atoms with Crippen molar-refractivity contribution in [2.45, 2.75) is 11.8 Å². The minimum absolute atomic E-state index is 0.00562. The molecule has 1 saturated heterocycles. The van der Waals surface area contributed by atoms with Gasteiger partial charge in [0.05, 0.1) is 21.2 Å². The second-order valence-corrected chi connectivity index (χ2v) is 8.93. The Morgan fingerprint density at radius 3 is 2.59 bits per heavy atom. The predicted octanol–water partition coefficient (Wildman–Crippen LogP) is 1.87. The topological polar surface area (TPSA) is 94.4 Å². The number of thiazole rings is 1. The molecule has 1 amide bonds. The molecule has 1 aliphatic rings. The quantitative estimate of drug-likeness (QED) is 0.728. The zero-order valence-electron chi connectivity index (χ0n) is 14.7. The number of benzene rings is 1. The number of hydrogen-bond donors (Lipinski definition) is 0. The van der Waals surface area contributed by atoms with Crippen LogP contribution in [0.5, 0.6) is 0 Å². The van der Waals surface area contributed by atoms with Gasteiger partial charge >= 0.3 is 0 Å². The number of aromatic nitrogens is 1. The van der Waals surface area contributed by atoms with Crippen LogP contribution >= 0.6 is 11.3 Å². The third kappa shape index (κ3) is 4.24. The van der Waals surface area contributed by atoms with Crippen molar-refractivity contribution in [1.29, 1.82) is 5.26 Å². The summed E-state index contributed by atoms with van der Waals surface area (Å²) in [6.45, 7) is 2.88. The summed E-state index contributed by atoms with van der Waals surface area (Å²) in [5, 5.41) is 12.0. The van der Waals surface area contributed by atoms with Crippen molar-refractivity contribution in [2.24, 2.45) is 0 Å². The molecule has 0 atom stereocenters. The summed E-state index contributed by atoms with van der Waals surface area (Å²) in [4.78, 5) is 18.2. The van der Waals surface area contributed by atoms with Crippen LogP contribution in [-0.2, 0) is 14.8 Å². The fraction of sp³-hybridized carbons (Fsp3) is 0.278. The molecule has 0 N–H and O–H groups in total. The molecule has 2 aromatic rings. The SMILES string of the molecule is Cc1nc(/C=C/C(=O)N2CCN(S(=O)(=O)c3ccccc3C#N)CC2)cs1. The molecule has 9 heteroatoms. The van der Waals surface area contributed by atoms with Crippen molar-refractivity contribution in [2.75, 3.05) is 26.2 Å². The van der Waals surface area contributed by atoms with Gasteiger partial charge in [-0.15, -0.1) is 11.3 Å². The number of rotatable bonds is 4. The number of carbonyl (C=O) groups is 1. The number of piperazine rings is 1. The van der Waals surface area contributed by atoms with Crippen LogP contribution in [0, 0.1) is 18.3 Å². The summed E-state index contributed by atoms with van der Waals surface area (Å²) in [6, 6.07) is 8.06. The fourth-order valence-corrected chi connectivity index (χ4v) is 4.94. The first kappa shape index (κ1) is 19.2. The smallest absolute Gasteiger partial charge is 0.246 e. The number of amides is 1. The van der Waals surface area contributed by atoms with Crippen molar-refractivity contribution in [1.82, 2.24) is 14.2 Å². The van der Waals surface area contributed by atoms with Crippen LogP contribution in [0.25, 0.3) is 6.08 Å². The lowest BCUT2D eigenvalue weighted by Crippen LogP contribution is -2.50. The molecule has 0 bridgehead atoms. The van der Waals surface area contributed by atoms with E-state index in [1.807, 2.05) is 18.4 Å². The van der Waals surface area contributed by atoms with Crippen molar-refractivity contribution in [3.05, 3.63) is 52.0 Å². The van der Waals surface area contributed by atoms with E-state index >= 15 is 0 Å². The fourth-order valence-electron chi connectivity index (χ4n) is 2.79. The summed E-state index contributed by atoms with van der Waals surface area (Å²) in [6.07, 6.45) is 3.13. The van der Waals surface area contributed by atoms with E-state index in [0.29, 0.717) is 13.1 Å². The van der Waals surface area contributed by atoms with E-state index in [4.69, 9.17) is 5.26 Å². The van der Waals surface area contributed by atoms with Gasteiger partial charge in [-0.3, -0.25) is 4.79 Å². The minimum Gasteiger partial charge on any atom is -0.337 e. The number of nitriles is 1. The van der Waals surface area contributed by atoms with Crippen LogP contribution in [0.2, 0.25) is 0 Å². The molecule has 1 fully saturated rings. The Kier molecular flexibility index (Phi) is 5.70. The van der Waals surface area contributed by atoms with Crippen LogP contribution in [0.1, 0.15) is 16.3 Å². The number of nitrogens with zero attached hydrogens (tertiary/aromatic N) is 4. The summed E-state index contributed by atoms with van der Waals surface area (Å²) < 4.78 is 26.9. The van der Waals surface area contributed by atoms with Crippen molar-refractivity contribution in [3.8, 4) is 6.07 Å². The molecule has 0 radical (unpaired) electrons. The van der Waals surface area contributed by atoms with E-state index in [1.54, 1.807) is 23.1 Å². The third-order valence-electron chi connectivity index (χ3n) is 4.21. The Morgan fingerprint density at radius 2 is 1.96 bits per heavy atom. The number of sulfonamides is 1. The molecule has 0 saturated carbocycles. The zero-order chi connectivity index (χ0) is 19.4. The lowest BCUT2D eigenvalue weighted by Gasteiger charge is -2.33. The van der Waals surface area contributed by atoms with Gasteiger partial charge in [-0.2, -0.15) is 9.57 Å². The van der Waals surface area contributed by atoms with Gasteiger partial charge in [0.2, 0.25) is 15.9 Å². The second-order valence-electron chi connectivity index (χ2n) is 5.96. The first-order valence-electron chi connectivity index (χ1n) is 8.30. The summed E-state index contributed by atoms with van der Waals surface area (Å²) in [5.41, 5.74) is 0.859. The van der Waals surface area contributed by atoms with Gasteiger partial charge in [-0.25, -0.2) is 13.4 Å². The lowest BCUT2D eigenvalue weighted by atomic mass is 10.2. The highest BCUT2D eigenvalue weighted by Gasteiger charge is 2.31. The largest absolute Gasteiger partial charge is 0.337 e. The first-order valence-corrected chi connectivity index (χ1v) is 10.6. The Morgan fingerprint density at radius 1 is 1.26 bits per heavy atom. The number of hydrogen-bond acceptors (Lipinski definition) is 6. The molecule has 0 aliphatic carbocycles. The molecule has 140 valence electrons. The van der Waals surface area contributed by atoms with Crippen molar-refractivity contribution < 1.29 is 13.2 Å². The van der Waals surface area contributed by atoms with Gasteiger partial charge in [0.1, 0.15) is 6.07 Å². The van der Waals surface area contributed by atoms with Gasteiger partial charge in [0.25, 0.3) is 0 Å². The Bertz CT molecular complexity index is 1010. The molecule has 7 nitrogen and oxygen atoms in total. The van der Waals surface area contributed by atoms with E-state index in [9.17, 15) is 13.2 Å². The first-order chi connectivity index (χ1) is 12.9. The summed E-state index contributed by atoms with van der Waals surface area (Å²) in [7, 11) is -3.76. The van der Waals surface area contributed by atoms with Crippen LogP contribution in [0.3, 0.4) is 0 Å². The Balaban J connectivity index is 1.65. The molecular formula is C18H18N4O3S2. The van der Waals surface area contributed by atoms with Crippen molar-refractivity contribution >= 4 is 33.3 Å². The molecule has 1 aromatic carbocycles.